The molecule has 6 heteroatoms. The van der Waals surface area contributed by atoms with Gasteiger partial charge in [-0.3, -0.25) is 9.59 Å². The van der Waals surface area contributed by atoms with Gasteiger partial charge in [0.15, 0.2) is 0 Å². The molecule has 382 valence electrons. The number of rotatable bonds is 54. The number of carbonyl (C=O) groups excluding carboxylic acids is 2. The van der Waals surface area contributed by atoms with Crippen molar-refractivity contribution in [2.45, 2.75) is 310 Å². The predicted octanol–water partition coefficient (Wildman–Crippen LogP) is 17.8. The van der Waals surface area contributed by atoms with Gasteiger partial charge in [-0.15, -0.1) is 0 Å². The number of aliphatic hydroxyl groups excluding tert-OH is 1. The van der Waals surface area contributed by atoms with Crippen LogP contribution in [-0.2, 0) is 19.1 Å². The molecule has 2 unspecified atom stereocenters. The topological polar surface area (TPSA) is 76.1 Å². The molecule has 0 aromatic heterocycles. The SMILES string of the molecule is CCCCCCCCC(CCCCCC)C(=O)OCCCCCCCCCCCCN(CCO)CCCCCCCCCCCCOC(=O)C(CCCCCC)CCCCCCCC. The van der Waals surface area contributed by atoms with Crippen LogP contribution in [0.15, 0.2) is 0 Å². The van der Waals surface area contributed by atoms with Crippen molar-refractivity contribution in [1.29, 1.82) is 0 Å². The molecule has 64 heavy (non-hydrogen) atoms. The summed E-state index contributed by atoms with van der Waals surface area (Å²) in [6, 6.07) is 0. The number of carbonyl (C=O) groups is 2. The molecule has 2 atom stereocenters. The molecule has 0 aromatic rings. The zero-order valence-corrected chi connectivity index (χ0v) is 44.0. The Kier molecular flexibility index (Phi) is 51.9. The van der Waals surface area contributed by atoms with E-state index in [0.717, 1.165) is 71.0 Å². The van der Waals surface area contributed by atoms with Crippen LogP contribution in [0.3, 0.4) is 0 Å². The Bertz CT molecular complexity index is 858. The summed E-state index contributed by atoms with van der Waals surface area (Å²) in [6.45, 7) is 13.6. The highest BCUT2D eigenvalue weighted by molar-refractivity contribution is 5.72. The van der Waals surface area contributed by atoms with Gasteiger partial charge in [0.25, 0.3) is 0 Å². The van der Waals surface area contributed by atoms with Crippen molar-refractivity contribution in [3.63, 3.8) is 0 Å². The highest BCUT2D eigenvalue weighted by Crippen LogP contribution is 2.23. The van der Waals surface area contributed by atoms with Gasteiger partial charge in [0, 0.05) is 6.54 Å². The average molecular weight is 907 g/mol. The Labute approximate surface area is 401 Å². The molecule has 0 heterocycles. The maximum atomic E-state index is 12.9. The number of aliphatic hydroxyl groups is 1. The summed E-state index contributed by atoms with van der Waals surface area (Å²) in [7, 11) is 0. The molecule has 6 nitrogen and oxygen atoms in total. The van der Waals surface area contributed by atoms with E-state index >= 15 is 0 Å². The second-order valence-corrected chi connectivity index (χ2v) is 20.2. The first-order valence-electron chi connectivity index (χ1n) is 29.2. The number of hydrogen-bond donors (Lipinski definition) is 1. The van der Waals surface area contributed by atoms with Gasteiger partial charge in [-0.2, -0.15) is 0 Å². The largest absolute Gasteiger partial charge is 0.465 e. The molecular weight excluding hydrogens is 791 g/mol. The second-order valence-electron chi connectivity index (χ2n) is 20.2. The van der Waals surface area contributed by atoms with Crippen molar-refractivity contribution < 1.29 is 24.2 Å². The number of nitrogens with zero attached hydrogens (tertiary/aromatic N) is 1. The van der Waals surface area contributed by atoms with Gasteiger partial charge in [-0.05, 0) is 64.5 Å². The summed E-state index contributed by atoms with van der Waals surface area (Å²) in [6.07, 6.45) is 54.5. The lowest BCUT2D eigenvalue weighted by Gasteiger charge is -2.21. The molecule has 0 amide bonds. The number of unbranched alkanes of at least 4 members (excludes halogenated alkanes) is 34. The van der Waals surface area contributed by atoms with Gasteiger partial charge in [0.2, 0.25) is 0 Å². The van der Waals surface area contributed by atoms with E-state index in [2.05, 4.69) is 32.6 Å². The van der Waals surface area contributed by atoms with Gasteiger partial charge < -0.3 is 19.5 Å². The minimum atomic E-state index is 0.0805. The average Bonchev–Trinajstić information content (AvgIpc) is 3.30. The lowest BCUT2D eigenvalue weighted by Crippen LogP contribution is -2.29. The third-order valence-corrected chi connectivity index (χ3v) is 13.9. The standard InChI is InChI=1S/C58H115NO5/c1-5-9-13-17-31-39-47-55(45-37-15-11-7-3)57(61)63-53-43-35-29-25-21-19-23-27-33-41-49-59(51-52-60)50-42-34-28-24-20-22-26-30-36-44-54-64-58(62)56(46-38-16-12-8-4)48-40-32-18-14-10-6-2/h55-56,60H,5-54H2,1-4H3. The van der Waals surface area contributed by atoms with Crippen LogP contribution in [0.25, 0.3) is 0 Å². The van der Waals surface area contributed by atoms with Gasteiger partial charge in [-0.25, -0.2) is 0 Å². The van der Waals surface area contributed by atoms with Crippen molar-refractivity contribution in [2.75, 3.05) is 39.5 Å². The molecule has 0 rings (SSSR count). The molecule has 0 aromatic carbocycles. The molecule has 0 aliphatic rings. The van der Waals surface area contributed by atoms with E-state index in [1.165, 1.54) is 231 Å². The van der Waals surface area contributed by atoms with Crippen LogP contribution in [0.1, 0.15) is 310 Å². The first kappa shape index (κ1) is 62.9. The Morgan fingerprint density at radius 2 is 0.562 bits per heavy atom. The van der Waals surface area contributed by atoms with Crippen LogP contribution < -0.4 is 0 Å². The normalized spacial score (nSPS) is 12.6. The van der Waals surface area contributed by atoms with E-state index in [1.54, 1.807) is 0 Å². The van der Waals surface area contributed by atoms with Crippen LogP contribution in [-0.4, -0.2) is 61.4 Å². The third kappa shape index (κ3) is 44.7. The molecule has 0 aliphatic heterocycles. The molecule has 0 saturated carbocycles. The maximum Gasteiger partial charge on any atom is 0.308 e. The first-order chi connectivity index (χ1) is 31.5. The Balaban J connectivity index is 3.83. The molecule has 0 aliphatic carbocycles. The Hall–Kier alpha value is -1.14. The van der Waals surface area contributed by atoms with Crippen LogP contribution in [0.4, 0.5) is 0 Å². The summed E-state index contributed by atoms with van der Waals surface area (Å²) in [5.74, 6) is 0.399. The second kappa shape index (κ2) is 52.8. The third-order valence-electron chi connectivity index (χ3n) is 13.9. The maximum absolute atomic E-state index is 12.9. The van der Waals surface area contributed by atoms with Crippen LogP contribution >= 0.6 is 0 Å². The Morgan fingerprint density at radius 1 is 0.328 bits per heavy atom. The smallest absolute Gasteiger partial charge is 0.308 e. The first-order valence-corrected chi connectivity index (χ1v) is 29.2. The number of esters is 2. The highest BCUT2D eigenvalue weighted by Gasteiger charge is 2.20. The fourth-order valence-corrected chi connectivity index (χ4v) is 9.50. The van der Waals surface area contributed by atoms with E-state index in [4.69, 9.17) is 9.47 Å². The molecule has 1 N–H and O–H groups in total. The van der Waals surface area contributed by atoms with E-state index in [-0.39, 0.29) is 30.4 Å². The van der Waals surface area contributed by atoms with Crippen molar-refractivity contribution in [2.24, 2.45) is 11.8 Å². The van der Waals surface area contributed by atoms with Crippen molar-refractivity contribution in [1.82, 2.24) is 4.90 Å². The lowest BCUT2D eigenvalue weighted by molar-refractivity contribution is -0.150. The summed E-state index contributed by atoms with van der Waals surface area (Å²) in [5, 5.41) is 9.63. The quantitative estimate of drug-likeness (QED) is 0.0484. The molecule has 0 spiro atoms. The molecule has 0 radical (unpaired) electrons. The minimum absolute atomic E-state index is 0.0805. The zero-order chi connectivity index (χ0) is 46.7. The Morgan fingerprint density at radius 3 is 0.844 bits per heavy atom. The molecular formula is C58H115NO5. The van der Waals surface area contributed by atoms with Gasteiger partial charge in [0.05, 0.1) is 31.7 Å². The fourth-order valence-electron chi connectivity index (χ4n) is 9.50. The lowest BCUT2D eigenvalue weighted by atomic mass is 9.94. The van der Waals surface area contributed by atoms with E-state index in [9.17, 15) is 14.7 Å². The monoisotopic (exact) mass is 906 g/mol. The summed E-state index contributed by atoms with van der Waals surface area (Å²) >= 11 is 0. The summed E-state index contributed by atoms with van der Waals surface area (Å²) in [4.78, 5) is 28.3. The van der Waals surface area contributed by atoms with E-state index in [0.29, 0.717) is 13.2 Å². The summed E-state index contributed by atoms with van der Waals surface area (Å²) in [5.41, 5.74) is 0. The molecule has 0 fully saturated rings. The number of hydrogen-bond acceptors (Lipinski definition) is 6. The summed E-state index contributed by atoms with van der Waals surface area (Å²) < 4.78 is 11.6. The van der Waals surface area contributed by atoms with Crippen molar-refractivity contribution in [3.8, 4) is 0 Å². The van der Waals surface area contributed by atoms with Gasteiger partial charge >= 0.3 is 11.9 Å². The predicted molar refractivity (Wildman–Crippen MR) is 278 cm³/mol. The van der Waals surface area contributed by atoms with E-state index < -0.39 is 0 Å². The van der Waals surface area contributed by atoms with Crippen molar-refractivity contribution >= 4 is 11.9 Å². The minimum Gasteiger partial charge on any atom is -0.465 e. The van der Waals surface area contributed by atoms with Crippen LogP contribution in [0, 0.1) is 11.8 Å². The fraction of sp³-hybridized carbons (Fsp3) is 0.966. The van der Waals surface area contributed by atoms with Gasteiger partial charge in [0.1, 0.15) is 0 Å². The highest BCUT2D eigenvalue weighted by atomic mass is 16.5. The van der Waals surface area contributed by atoms with Crippen LogP contribution in [0.5, 0.6) is 0 Å². The zero-order valence-electron chi connectivity index (χ0n) is 44.0. The molecule has 0 saturated heterocycles. The van der Waals surface area contributed by atoms with Crippen LogP contribution in [0.2, 0.25) is 0 Å². The van der Waals surface area contributed by atoms with E-state index in [1.807, 2.05) is 0 Å². The van der Waals surface area contributed by atoms with Gasteiger partial charge in [-0.1, -0.05) is 259 Å². The molecule has 0 bridgehead atoms. The van der Waals surface area contributed by atoms with Crippen molar-refractivity contribution in [3.05, 3.63) is 0 Å². The number of ether oxygens (including phenoxy) is 2.